The van der Waals surface area contributed by atoms with Gasteiger partial charge in [0.15, 0.2) is 0 Å². The minimum Gasteiger partial charge on any atom is -0.495 e. The molecule has 0 unspecified atom stereocenters. The van der Waals surface area contributed by atoms with Crippen LogP contribution in [0.3, 0.4) is 0 Å². The number of aromatic carboxylic acids is 1. The molecule has 0 spiro atoms. The van der Waals surface area contributed by atoms with Gasteiger partial charge in [-0.15, -0.1) is 0 Å². The maximum absolute atomic E-state index is 13.1. The first-order chi connectivity index (χ1) is 20.5. The number of likely N-dealkylation sites (tertiary alicyclic amines) is 2. The van der Waals surface area contributed by atoms with Gasteiger partial charge >= 0.3 is 18.3 Å². The fourth-order valence-electron chi connectivity index (χ4n) is 4.85. The summed E-state index contributed by atoms with van der Waals surface area (Å²) in [5.74, 6) is -4.02. The van der Waals surface area contributed by atoms with E-state index in [0.717, 1.165) is 52.0 Å². The van der Waals surface area contributed by atoms with E-state index < -0.39 is 69.1 Å². The van der Waals surface area contributed by atoms with E-state index >= 15 is 0 Å². The molecule has 0 aromatic heterocycles. The van der Waals surface area contributed by atoms with Crippen molar-refractivity contribution < 1.29 is 60.1 Å². The van der Waals surface area contributed by atoms with E-state index in [1.165, 1.54) is 9.80 Å². The van der Waals surface area contributed by atoms with Crippen LogP contribution in [0.4, 0.5) is 26.3 Å². The summed E-state index contributed by atoms with van der Waals surface area (Å²) >= 11 is 5.29. The molecule has 16 heteroatoms. The third kappa shape index (κ3) is 7.73. The molecule has 2 aliphatic heterocycles. The number of hydrogen-bond acceptors (Lipinski definition) is 6. The van der Waals surface area contributed by atoms with Crippen molar-refractivity contribution >= 4 is 34.6 Å². The molecule has 0 saturated carbocycles. The van der Waals surface area contributed by atoms with E-state index in [1.807, 2.05) is 0 Å². The Morgan fingerprint density at radius 2 is 1.02 bits per heavy atom. The van der Waals surface area contributed by atoms with Crippen LogP contribution in [0.5, 0.6) is 11.5 Å². The van der Waals surface area contributed by atoms with Gasteiger partial charge in [0.25, 0.3) is 17.1 Å². The fourth-order valence-corrected chi connectivity index (χ4v) is 4.96. The summed E-state index contributed by atoms with van der Waals surface area (Å²) < 4.78 is 88.3. The summed E-state index contributed by atoms with van der Waals surface area (Å²) in [4.78, 5) is 49.9. The van der Waals surface area contributed by atoms with Gasteiger partial charge in [-0.1, -0.05) is 0 Å². The monoisotopic (exact) mass is 652 g/mol. The zero-order chi connectivity index (χ0) is 33.0. The van der Waals surface area contributed by atoms with E-state index in [9.17, 15) is 45.5 Å². The Morgan fingerprint density at radius 3 is 1.32 bits per heavy atom. The third-order valence-corrected chi connectivity index (χ3v) is 7.14. The number of hydrogen-bond donors (Lipinski definition) is 1. The Morgan fingerprint density at radius 1 is 0.682 bits per heavy atom. The number of methoxy groups -OCH3 is 2. The lowest BCUT2D eigenvalue weighted by atomic mass is 10.0. The highest BCUT2D eigenvalue weighted by Crippen LogP contribution is 2.41. The van der Waals surface area contributed by atoms with Gasteiger partial charge in [0.1, 0.15) is 11.5 Å². The van der Waals surface area contributed by atoms with E-state index in [-0.39, 0.29) is 11.1 Å². The Hall–Kier alpha value is -4.01. The molecule has 4 rings (SSSR count). The second-order valence-electron chi connectivity index (χ2n) is 9.78. The molecule has 0 aliphatic carbocycles. The zero-order valence-corrected chi connectivity index (χ0v) is 24.2. The van der Waals surface area contributed by atoms with Crippen molar-refractivity contribution in [2.45, 2.75) is 38.0 Å². The van der Waals surface area contributed by atoms with Crippen LogP contribution in [0.25, 0.3) is 0 Å². The smallest absolute Gasteiger partial charge is 0.420 e. The first-order valence-corrected chi connectivity index (χ1v) is 13.5. The number of nitrogens with zero attached hydrogens (tertiary/aromatic N) is 2. The maximum atomic E-state index is 13.1. The molecule has 9 nitrogen and oxygen atoms in total. The van der Waals surface area contributed by atoms with Gasteiger partial charge in [0.05, 0.1) is 42.0 Å². The van der Waals surface area contributed by atoms with Crippen LogP contribution in [0.15, 0.2) is 24.3 Å². The lowest BCUT2D eigenvalue weighted by Gasteiger charge is -2.20. The molecule has 44 heavy (non-hydrogen) atoms. The summed E-state index contributed by atoms with van der Waals surface area (Å²) in [5.41, 5.74) is -4.13. The Bertz CT molecular complexity index is 1330. The highest BCUT2D eigenvalue weighted by molar-refractivity contribution is 6.67. The Labute approximate surface area is 252 Å². The topological polar surface area (TPSA) is 113 Å². The van der Waals surface area contributed by atoms with Crippen molar-refractivity contribution in [2.75, 3.05) is 40.4 Å². The lowest BCUT2D eigenvalue weighted by Crippen LogP contribution is -2.29. The minimum atomic E-state index is -4.82. The molecule has 2 aromatic rings. The minimum absolute atomic E-state index is 0.303. The van der Waals surface area contributed by atoms with Crippen LogP contribution in [0, 0.1) is 0 Å². The molecule has 0 radical (unpaired) electrons. The lowest BCUT2D eigenvalue weighted by molar-refractivity contribution is -0.139. The van der Waals surface area contributed by atoms with Gasteiger partial charge in [-0.05, 0) is 61.5 Å². The van der Waals surface area contributed by atoms with Crippen LogP contribution in [0.2, 0.25) is 0 Å². The van der Waals surface area contributed by atoms with Gasteiger partial charge in [0, 0.05) is 31.7 Å². The van der Waals surface area contributed by atoms with Crippen molar-refractivity contribution in [3.05, 3.63) is 57.6 Å². The van der Waals surface area contributed by atoms with Crippen molar-refractivity contribution in [3.63, 3.8) is 0 Å². The zero-order valence-electron chi connectivity index (χ0n) is 23.4. The predicted octanol–water partition coefficient (Wildman–Crippen LogP) is 5.98. The summed E-state index contributed by atoms with van der Waals surface area (Å²) in [5, 5.41) is 7.91. The van der Waals surface area contributed by atoms with Gasteiger partial charge in [-0.3, -0.25) is 14.4 Å². The molecule has 240 valence electrons. The van der Waals surface area contributed by atoms with Crippen molar-refractivity contribution in [2.24, 2.45) is 0 Å². The maximum Gasteiger partial charge on any atom is 0.420 e. The first kappa shape index (κ1) is 34.5. The van der Waals surface area contributed by atoms with Gasteiger partial charge in [-0.25, -0.2) is 4.79 Å². The fraction of sp³-hybridized carbons (Fsp3) is 0.429. The highest BCUT2D eigenvalue weighted by Gasteiger charge is 2.39. The molecule has 2 aliphatic rings. The number of carbonyl (C=O) groups excluding carboxylic acids is 3. The Kier molecular flexibility index (Phi) is 10.8. The van der Waals surface area contributed by atoms with Gasteiger partial charge in [0.2, 0.25) is 0 Å². The number of ether oxygens (including phenoxy) is 2. The normalized spacial score (nSPS) is 15.0. The number of amides is 2. The summed E-state index contributed by atoms with van der Waals surface area (Å²) in [6, 6.07) is 3.04. The van der Waals surface area contributed by atoms with E-state index in [2.05, 4.69) is 0 Å². The predicted molar refractivity (Wildman–Crippen MR) is 143 cm³/mol. The van der Waals surface area contributed by atoms with Crippen molar-refractivity contribution in [1.29, 1.82) is 0 Å². The van der Waals surface area contributed by atoms with E-state index in [4.69, 9.17) is 26.2 Å². The quantitative estimate of drug-likeness (QED) is 0.302. The largest absolute Gasteiger partial charge is 0.495 e. The van der Waals surface area contributed by atoms with Crippen LogP contribution < -0.4 is 9.47 Å². The Balaban J connectivity index is 0.000000240. The number of halogens is 7. The van der Waals surface area contributed by atoms with Crippen molar-refractivity contribution in [1.82, 2.24) is 9.80 Å². The number of benzene rings is 2. The highest BCUT2D eigenvalue weighted by atomic mass is 35.5. The summed E-state index contributed by atoms with van der Waals surface area (Å²) in [7, 11) is 2.07. The van der Waals surface area contributed by atoms with E-state index in [0.29, 0.717) is 38.3 Å². The second kappa shape index (κ2) is 13.7. The number of alkyl halides is 6. The molecule has 2 saturated heterocycles. The average molecular weight is 653 g/mol. The second-order valence-corrected chi connectivity index (χ2v) is 10.1. The third-order valence-electron chi connectivity index (χ3n) is 6.92. The first-order valence-electron chi connectivity index (χ1n) is 13.1. The molecule has 2 amide bonds. The summed E-state index contributed by atoms with van der Waals surface area (Å²) in [6.07, 6.45) is -6.50. The number of carbonyl (C=O) groups is 4. The van der Waals surface area contributed by atoms with Crippen LogP contribution >= 0.6 is 11.6 Å². The molecular weight excluding hydrogens is 626 g/mol. The van der Waals surface area contributed by atoms with Gasteiger partial charge in [-0.2, -0.15) is 26.3 Å². The number of carboxylic acids is 1. The molecular formula is C28H27ClF6N2O7. The summed E-state index contributed by atoms with van der Waals surface area (Å²) in [6.45, 7) is 1.78. The van der Waals surface area contributed by atoms with Crippen LogP contribution in [0.1, 0.15) is 78.2 Å². The van der Waals surface area contributed by atoms with Gasteiger partial charge < -0.3 is 24.4 Å². The molecule has 0 bridgehead atoms. The molecule has 2 heterocycles. The number of carboxylic acid groups (broad SMARTS) is 1. The molecule has 1 N–H and O–H groups in total. The average Bonchev–Trinajstić information content (AvgIpc) is 3.69. The van der Waals surface area contributed by atoms with Crippen LogP contribution in [-0.2, 0) is 12.4 Å². The molecule has 2 fully saturated rings. The standard InChI is InChI=1S/C14H13ClF3NO3.C14H14F3NO4/c1-22-11-9(13(21)19-4-2-3-5-19)6-8(12(15)20)7-10(11)14(16,17)18;1-22-11-9(12(19)18-4-2-3-5-18)6-8(13(20)21)7-10(11)14(15,16)17/h6-7H,2-5H2,1H3;6-7H,2-5H2,1H3,(H,20,21). The van der Waals surface area contributed by atoms with Crippen molar-refractivity contribution in [3.8, 4) is 11.5 Å². The molecule has 2 aromatic carbocycles. The molecule has 0 atom stereocenters. The SMILES string of the molecule is COc1c(C(=O)N2CCCC2)cc(C(=O)Cl)cc1C(F)(F)F.COc1c(C(=O)N2CCCC2)cc(C(=O)O)cc1C(F)(F)F. The number of rotatable bonds is 6. The van der Waals surface area contributed by atoms with Crippen LogP contribution in [-0.4, -0.2) is 78.3 Å². The van der Waals surface area contributed by atoms with E-state index in [1.54, 1.807) is 0 Å².